The summed E-state index contributed by atoms with van der Waals surface area (Å²) in [5, 5.41) is 0. The van der Waals surface area contributed by atoms with Crippen molar-refractivity contribution in [2.75, 3.05) is 47.5 Å². The van der Waals surface area contributed by atoms with Gasteiger partial charge in [-0.15, -0.1) is 0 Å². The maximum atomic E-state index is 11.4. The van der Waals surface area contributed by atoms with E-state index in [2.05, 4.69) is 11.1 Å². The zero-order chi connectivity index (χ0) is 15.1. The first kappa shape index (κ1) is 18.3. The zero-order valence-corrected chi connectivity index (χ0v) is 12.8. The Morgan fingerprint density at radius 1 is 1.21 bits per heavy atom. The van der Waals surface area contributed by atoms with E-state index in [1.54, 1.807) is 0 Å². The molecule has 0 aromatic heterocycles. The van der Waals surface area contributed by atoms with Gasteiger partial charge in [0.2, 0.25) is 0 Å². The van der Waals surface area contributed by atoms with Crippen LogP contribution in [0.5, 0.6) is 0 Å². The van der Waals surface area contributed by atoms with Crippen LogP contribution in [-0.2, 0) is 23.1 Å². The molecule has 0 aromatic carbocycles. The zero-order valence-electron chi connectivity index (χ0n) is 11.9. The van der Waals surface area contributed by atoms with Gasteiger partial charge < -0.3 is 14.1 Å². The molecule has 8 heteroatoms. The number of carbonyl (C=O) groups excluding carboxylic acids is 1. The standard InChI is InChI=1S/C11H22NO6P/c1-10(2)11(13)16-8-9-18-19(14,15)17-7-6-12(3,4)5/h1,6-9H2,2-5H3/p+1/i3+1. The van der Waals surface area contributed by atoms with Crippen LogP contribution in [0.1, 0.15) is 6.92 Å². The van der Waals surface area contributed by atoms with E-state index in [-0.39, 0.29) is 25.4 Å². The lowest BCUT2D eigenvalue weighted by Crippen LogP contribution is -2.37. The second-order valence-electron chi connectivity index (χ2n) is 5.07. The van der Waals surface area contributed by atoms with Crippen LogP contribution in [0.25, 0.3) is 0 Å². The van der Waals surface area contributed by atoms with Crippen molar-refractivity contribution in [3.8, 4) is 0 Å². The summed E-state index contributed by atoms with van der Waals surface area (Å²) in [6.45, 7) is 5.23. The van der Waals surface area contributed by atoms with Gasteiger partial charge in [0.25, 0.3) is 0 Å². The molecule has 0 rings (SSSR count). The van der Waals surface area contributed by atoms with Crippen LogP contribution < -0.4 is 0 Å². The number of ether oxygens (including phenoxy) is 1. The Balaban J connectivity index is 3.82. The van der Waals surface area contributed by atoms with Crippen LogP contribution >= 0.6 is 7.82 Å². The highest BCUT2D eigenvalue weighted by Crippen LogP contribution is 2.42. The van der Waals surface area contributed by atoms with Crippen LogP contribution in [0, 0.1) is 0 Å². The number of esters is 1. The molecule has 1 unspecified atom stereocenters. The molecule has 0 amide bonds. The summed E-state index contributed by atoms with van der Waals surface area (Å²) < 4.78 is 26.2. The Kier molecular flexibility index (Phi) is 7.47. The van der Waals surface area contributed by atoms with Crippen molar-refractivity contribution in [1.82, 2.24) is 0 Å². The van der Waals surface area contributed by atoms with Gasteiger partial charge in [-0.05, 0) is 6.92 Å². The molecule has 0 spiro atoms. The fourth-order valence-corrected chi connectivity index (χ4v) is 1.57. The minimum atomic E-state index is -4.09. The van der Waals surface area contributed by atoms with Gasteiger partial charge in [-0.1, -0.05) is 6.58 Å². The Labute approximate surface area is 114 Å². The smallest absolute Gasteiger partial charge is 0.460 e. The van der Waals surface area contributed by atoms with E-state index in [9.17, 15) is 14.3 Å². The number of carbonyl (C=O) groups is 1. The molecule has 0 heterocycles. The highest BCUT2D eigenvalue weighted by atomic mass is 31.2. The fourth-order valence-electron chi connectivity index (χ4n) is 0.878. The molecule has 1 N–H and O–H groups in total. The third kappa shape index (κ3) is 10.9. The summed E-state index contributed by atoms with van der Waals surface area (Å²) in [4.78, 5) is 20.3. The molecule has 0 aliphatic heterocycles. The molecule has 0 aromatic rings. The molecule has 0 radical (unpaired) electrons. The van der Waals surface area contributed by atoms with Crippen LogP contribution in [0.4, 0.5) is 0 Å². The van der Waals surface area contributed by atoms with Crippen LogP contribution in [0.15, 0.2) is 12.2 Å². The van der Waals surface area contributed by atoms with Crippen LogP contribution in [0.3, 0.4) is 0 Å². The molecule has 1 atom stereocenters. The topological polar surface area (TPSA) is 82.1 Å². The Hall–Kier alpha value is -0.720. The average molecular weight is 297 g/mol. The van der Waals surface area contributed by atoms with E-state index in [1.807, 2.05) is 21.1 Å². The van der Waals surface area contributed by atoms with Gasteiger partial charge in [-0.25, -0.2) is 9.36 Å². The molecule has 0 bridgehead atoms. The number of hydrogen-bond acceptors (Lipinski definition) is 5. The van der Waals surface area contributed by atoms with E-state index in [1.165, 1.54) is 6.92 Å². The monoisotopic (exact) mass is 297 g/mol. The van der Waals surface area contributed by atoms with E-state index in [4.69, 9.17) is 9.26 Å². The van der Waals surface area contributed by atoms with Crippen molar-refractivity contribution in [1.29, 1.82) is 0 Å². The van der Waals surface area contributed by atoms with Gasteiger partial charge in [0.05, 0.1) is 27.7 Å². The maximum Gasteiger partial charge on any atom is 0.472 e. The van der Waals surface area contributed by atoms with E-state index >= 15 is 0 Å². The molecule has 0 fully saturated rings. The predicted molar refractivity (Wildman–Crippen MR) is 70.4 cm³/mol. The second-order valence-corrected chi connectivity index (χ2v) is 6.52. The van der Waals surface area contributed by atoms with Crippen molar-refractivity contribution in [3.63, 3.8) is 0 Å². The molecular weight excluding hydrogens is 274 g/mol. The number of rotatable bonds is 9. The lowest BCUT2D eigenvalue weighted by molar-refractivity contribution is -0.870. The first-order valence-electron chi connectivity index (χ1n) is 5.78. The highest BCUT2D eigenvalue weighted by molar-refractivity contribution is 7.47. The van der Waals surface area contributed by atoms with Crippen molar-refractivity contribution < 1.29 is 32.5 Å². The van der Waals surface area contributed by atoms with E-state index < -0.39 is 13.8 Å². The molecule has 0 saturated heterocycles. The quantitative estimate of drug-likeness (QED) is 0.170. The van der Waals surface area contributed by atoms with E-state index in [0.717, 1.165) is 0 Å². The summed E-state index contributed by atoms with van der Waals surface area (Å²) in [7, 11) is 1.72. The number of phosphoric ester groups is 1. The third-order valence-electron chi connectivity index (χ3n) is 1.94. The van der Waals surface area contributed by atoms with Gasteiger partial charge in [0, 0.05) is 5.57 Å². The fraction of sp³-hybridized carbons (Fsp3) is 0.727. The second kappa shape index (κ2) is 7.77. The predicted octanol–water partition coefficient (Wildman–Crippen LogP) is 0.945. The van der Waals surface area contributed by atoms with Gasteiger partial charge in [-0.2, -0.15) is 0 Å². The summed E-state index contributed by atoms with van der Waals surface area (Å²) >= 11 is 0. The molecule has 19 heavy (non-hydrogen) atoms. The van der Waals surface area contributed by atoms with Gasteiger partial charge in [0.15, 0.2) is 0 Å². The minimum Gasteiger partial charge on any atom is -0.460 e. The Morgan fingerprint density at radius 3 is 2.21 bits per heavy atom. The summed E-state index contributed by atoms with van der Waals surface area (Å²) in [5.41, 5.74) is 0.256. The van der Waals surface area contributed by atoms with Crippen molar-refractivity contribution in [3.05, 3.63) is 12.2 Å². The number of nitrogens with zero attached hydrogens (tertiary/aromatic N) is 1. The van der Waals surface area contributed by atoms with Crippen molar-refractivity contribution in [2.45, 2.75) is 6.92 Å². The van der Waals surface area contributed by atoms with Gasteiger partial charge in [0.1, 0.15) is 19.8 Å². The molecule has 112 valence electrons. The minimum absolute atomic E-state index is 0.100. The van der Waals surface area contributed by atoms with Crippen LogP contribution in [0.2, 0.25) is 0 Å². The van der Waals surface area contributed by atoms with Gasteiger partial charge >= 0.3 is 13.8 Å². The van der Waals surface area contributed by atoms with E-state index in [0.29, 0.717) is 11.0 Å². The first-order chi connectivity index (χ1) is 8.53. The SMILES string of the molecule is C=C(C)C(=O)OCCOP(=O)(O)OCC[N+](C)(C)[13CH3]. The summed E-state index contributed by atoms with van der Waals surface area (Å²) in [5.74, 6) is -0.567. The average Bonchev–Trinajstić information content (AvgIpc) is 2.21. The number of likely N-dealkylation sites (N-methyl/N-ethyl adjacent to an activating group) is 1. The Bertz CT molecular complexity index is 363. The Morgan fingerprint density at radius 2 is 1.74 bits per heavy atom. The summed E-state index contributed by atoms with van der Waals surface area (Å²) in [6, 6.07) is 0. The molecular formula is C11H23NO6P+. The largest absolute Gasteiger partial charge is 0.472 e. The van der Waals surface area contributed by atoms with Crippen LogP contribution in [-0.4, -0.2) is 62.9 Å². The lowest BCUT2D eigenvalue weighted by atomic mass is 10.4. The number of quaternary nitrogens is 1. The third-order valence-corrected chi connectivity index (χ3v) is 2.95. The highest BCUT2D eigenvalue weighted by Gasteiger charge is 2.22. The van der Waals surface area contributed by atoms with Crippen molar-refractivity contribution >= 4 is 13.8 Å². The molecule has 0 saturated carbocycles. The molecule has 0 aliphatic carbocycles. The maximum absolute atomic E-state index is 11.4. The van der Waals surface area contributed by atoms with Gasteiger partial charge in [-0.3, -0.25) is 9.05 Å². The first-order valence-corrected chi connectivity index (χ1v) is 7.28. The summed E-state index contributed by atoms with van der Waals surface area (Å²) in [6.07, 6.45) is 0. The number of hydrogen-bond donors (Lipinski definition) is 1. The molecule has 0 aliphatic rings. The molecule has 7 nitrogen and oxygen atoms in total. The normalized spacial score (nSPS) is 14.8. The lowest BCUT2D eigenvalue weighted by Gasteiger charge is -2.23. The van der Waals surface area contributed by atoms with Crippen molar-refractivity contribution in [2.24, 2.45) is 0 Å². The number of phosphoric acid groups is 1.